The molecule has 150 valence electrons. The minimum atomic E-state index is -3.48. The molecule has 0 aliphatic carbocycles. The zero-order valence-electron chi connectivity index (χ0n) is 15.2. The van der Waals surface area contributed by atoms with E-state index in [4.69, 9.17) is 22.1 Å². The van der Waals surface area contributed by atoms with Crippen LogP contribution in [0.2, 0.25) is 0 Å². The Balaban J connectivity index is 1.57. The standard InChI is InChI=1S/C17H26N4O4S2/c22-12-9-19-5-7-20(8-6-19)17(26)18-15-1-3-16(4-2-15)27(23,24)21-10-13-25-14-11-21/h1-4,22H,5-14H2,(H,18,26). The molecule has 0 aromatic heterocycles. The van der Waals surface area contributed by atoms with Gasteiger partial charge in [-0.25, -0.2) is 8.42 Å². The molecule has 10 heteroatoms. The molecule has 1 aromatic rings. The van der Waals surface area contributed by atoms with Gasteiger partial charge in [-0.3, -0.25) is 4.90 Å². The van der Waals surface area contributed by atoms with E-state index in [1.54, 1.807) is 24.3 Å². The zero-order valence-corrected chi connectivity index (χ0v) is 16.8. The van der Waals surface area contributed by atoms with Crippen molar-refractivity contribution in [3.63, 3.8) is 0 Å². The molecule has 2 saturated heterocycles. The van der Waals surface area contributed by atoms with Gasteiger partial charge in [0.05, 0.1) is 24.7 Å². The zero-order chi connectivity index (χ0) is 19.3. The second-order valence-corrected chi connectivity index (χ2v) is 8.85. The van der Waals surface area contributed by atoms with Gasteiger partial charge in [0.15, 0.2) is 5.11 Å². The van der Waals surface area contributed by atoms with E-state index in [1.807, 2.05) is 0 Å². The van der Waals surface area contributed by atoms with Crippen LogP contribution in [0.1, 0.15) is 0 Å². The third-order valence-corrected chi connectivity index (χ3v) is 7.06. The van der Waals surface area contributed by atoms with E-state index in [9.17, 15) is 8.42 Å². The average Bonchev–Trinajstić information content (AvgIpc) is 2.70. The van der Waals surface area contributed by atoms with E-state index in [-0.39, 0.29) is 11.5 Å². The second-order valence-electron chi connectivity index (χ2n) is 6.52. The lowest BCUT2D eigenvalue weighted by Crippen LogP contribution is -2.50. The Bertz CT molecular complexity index is 728. The summed E-state index contributed by atoms with van der Waals surface area (Å²) in [7, 11) is -3.48. The number of hydrogen-bond donors (Lipinski definition) is 2. The number of morpholine rings is 1. The molecule has 1 aromatic carbocycles. The summed E-state index contributed by atoms with van der Waals surface area (Å²) in [6, 6.07) is 6.69. The van der Waals surface area contributed by atoms with Gasteiger partial charge in [0.2, 0.25) is 10.0 Å². The fourth-order valence-corrected chi connectivity index (χ4v) is 4.87. The minimum absolute atomic E-state index is 0.169. The number of nitrogens with one attached hydrogen (secondary N) is 1. The predicted molar refractivity (Wildman–Crippen MR) is 107 cm³/mol. The molecule has 0 amide bonds. The molecule has 8 nitrogen and oxygen atoms in total. The van der Waals surface area contributed by atoms with Crippen molar-refractivity contribution in [2.45, 2.75) is 4.90 Å². The summed E-state index contributed by atoms with van der Waals surface area (Å²) in [6.07, 6.45) is 0. The van der Waals surface area contributed by atoms with Gasteiger partial charge < -0.3 is 20.1 Å². The minimum Gasteiger partial charge on any atom is -0.395 e. The van der Waals surface area contributed by atoms with Gasteiger partial charge in [-0.05, 0) is 36.5 Å². The molecule has 2 heterocycles. The monoisotopic (exact) mass is 414 g/mol. The number of nitrogens with zero attached hydrogens (tertiary/aromatic N) is 3. The smallest absolute Gasteiger partial charge is 0.243 e. The van der Waals surface area contributed by atoms with Crippen LogP contribution >= 0.6 is 12.2 Å². The predicted octanol–water partition coefficient (Wildman–Crippen LogP) is 0.0142. The number of rotatable bonds is 5. The summed E-state index contributed by atoms with van der Waals surface area (Å²) in [4.78, 5) is 4.56. The maximum Gasteiger partial charge on any atom is 0.243 e. The number of aliphatic hydroxyl groups is 1. The number of sulfonamides is 1. The van der Waals surface area contributed by atoms with Crippen molar-refractivity contribution in [3.05, 3.63) is 24.3 Å². The Kier molecular flexibility index (Phi) is 7.01. The molecule has 2 N–H and O–H groups in total. The molecule has 0 radical (unpaired) electrons. The summed E-state index contributed by atoms with van der Waals surface area (Å²) in [5.74, 6) is 0. The van der Waals surface area contributed by atoms with Gasteiger partial charge >= 0.3 is 0 Å². The van der Waals surface area contributed by atoms with E-state index in [2.05, 4.69) is 15.1 Å². The van der Waals surface area contributed by atoms with E-state index in [0.29, 0.717) is 38.0 Å². The van der Waals surface area contributed by atoms with Crippen molar-refractivity contribution >= 4 is 33.0 Å². The van der Waals surface area contributed by atoms with E-state index in [0.717, 1.165) is 31.9 Å². The summed E-state index contributed by atoms with van der Waals surface area (Å²) < 4.78 is 32.0. The van der Waals surface area contributed by atoms with Crippen LogP contribution < -0.4 is 5.32 Å². The van der Waals surface area contributed by atoms with Crippen molar-refractivity contribution in [2.24, 2.45) is 0 Å². The topological polar surface area (TPSA) is 85.4 Å². The van der Waals surface area contributed by atoms with Gasteiger partial charge in [0.1, 0.15) is 0 Å². The number of piperazine rings is 1. The summed E-state index contributed by atoms with van der Waals surface area (Å²) in [6.45, 7) is 5.80. The second kappa shape index (κ2) is 9.26. The number of thiocarbonyl (C=S) groups is 1. The van der Waals surface area contributed by atoms with E-state index >= 15 is 0 Å². The van der Waals surface area contributed by atoms with Gasteiger partial charge in [-0.1, -0.05) is 0 Å². The molecular formula is C17H26N4O4S2. The summed E-state index contributed by atoms with van der Waals surface area (Å²) in [5, 5.41) is 12.8. The first-order valence-electron chi connectivity index (χ1n) is 9.08. The molecule has 0 spiro atoms. The number of benzene rings is 1. The molecule has 3 rings (SSSR count). The fraction of sp³-hybridized carbons (Fsp3) is 0.588. The van der Waals surface area contributed by atoms with Crippen LogP contribution in [0.4, 0.5) is 5.69 Å². The first kappa shape index (κ1) is 20.4. The van der Waals surface area contributed by atoms with Crippen LogP contribution in [0.15, 0.2) is 29.2 Å². The highest BCUT2D eigenvalue weighted by molar-refractivity contribution is 7.89. The van der Waals surface area contributed by atoms with Crippen LogP contribution in [0.25, 0.3) is 0 Å². The van der Waals surface area contributed by atoms with Crippen molar-refractivity contribution in [1.82, 2.24) is 14.1 Å². The maximum atomic E-state index is 12.6. The van der Waals surface area contributed by atoms with Crippen LogP contribution in [0.3, 0.4) is 0 Å². The summed E-state index contributed by atoms with van der Waals surface area (Å²) in [5.41, 5.74) is 0.763. The first-order valence-corrected chi connectivity index (χ1v) is 10.9. The highest BCUT2D eigenvalue weighted by Crippen LogP contribution is 2.20. The quantitative estimate of drug-likeness (QED) is 0.652. The van der Waals surface area contributed by atoms with Gasteiger partial charge in [-0.2, -0.15) is 4.31 Å². The number of β-amino-alcohol motifs (C(OH)–C–C–N with tert-alkyl or cyclic N) is 1. The Labute approximate surface area is 165 Å². The van der Waals surface area contributed by atoms with Gasteiger partial charge in [0.25, 0.3) is 0 Å². The van der Waals surface area contributed by atoms with Crippen LogP contribution in [-0.4, -0.2) is 98.4 Å². The molecule has 2 aliphatic heterocycles. The lowest BCUT2D eigenvalue weighted by molar-refractivity contribution is 0.0730. The number of anilines is 1. The number of aliphatic hydroxyl groups excluding tert-OH is 1. The molecule has 27 heavy (non-hydrogen) atoms. The van der Waals surface area contributed by atoms with Crippen LogP contribution in [0, 0.1) is 0 Å². The molecule has 2 fully saturated rings. The Morgan fingerprint density at radius 2 is 1.70 bits per heavy atom. The Morgan fingerprint density at radius 3 is 2.30 bits per heavy atom. The van der Waals surface area contributed by atoms with Crippen LogP contribution in [-0.2, 0) is 14.8 Å². The molecule has 0 unspecified atom stereocenters. The third kappa shape index (κ3) is 5.15. The van der Waals surface area contributed by atoms with E-state index < -0.39 is 10.0 Å². The lowest BCUT2D eigenvalue weighted by Gasteiger charge is -2.35. The third-order valence-electron chi connectivity index (χ3n) is 4.79. The molecule has 0 atom stereocenters. The SMILES string of the molecule is O=S(=O)(c1ccc(NC(=S)N2CCN(CCO)CC2)cc1)N1CCOCC1. The highest BCUT2D eigenvalue weighted by atomic mass is 32.2. The normalized spacial score (nSPS) is 19.8. The van der Waals surface area contributed by atoms with E-state index in [1.165, 1.54) is 4.31 Å². The van der Waals surface area contributed by atoms with Crippen molar-refractivity contribution in [1.29, 1.82) is 0 Å². The van der Waals surface area contributed by atoms with Crippen molar-refractivity contribution < 1.29 is 18.3 Å². The lowest BCUT2D eigenvalue weighted by atomic mass is 10.3. The molecular weight excluding hydrogens is 388 g/mol. The number of ether oxygens (including phenoxy) is 1. The fourth-order valence-electron chi connectivity index (χ4n) is 3.16. The molecule has 0 bridgehead atoms. The average molecular weight is 415 g/mol. The van der Waals surface area contributed by atoms with Crippen LogP contribution in [0.5, 0.6) is 0 Å². The van der Waals surface area contributed by atoms with Gasteiger partial charge in [0, 0.05) is 51.5 Å². The Morgan fingerprint density at radius 1 is 1.07 bits per heavy atom. The van der Waals surface area contributed by atoms with Crippen molar-refractivity contribution in [3.8, 4) is 0 Å². The Hall–Kier alpha value is -1.30. The highest BCUT2D eigenvalue weighted by Gasteiger charge is 2.26. The molecule has 2 aliphatic rings. The van der Waals surface area contributed by atoms with Crippen molar-refractivity contribution in [2.75, 3.05) is 71.0 Å². The largest absolute Gasteiger partial charge is 0.395 e. The molecule has 0 saturated carbocycles. The number of hydrogen-bond acceptors (Lipinski definition) is 6. The maximum absolute atomic E-state index is 12.6. The summed E-state index contributed by atoms with van der Waals surface area (Å²) >= 11 is 5.47. The first-order chi connectivity index (χ1) is 13.0. The van der Waals surface area contributed by atoms with Gasteiger partial charge in [-0.15, -0.1) is 0 Å².